The highest BCUT2D eigenvalue weighted by Crippen LogP contribution is 2.28. The summed E-state index contributed by atoms with van der Waals surface area (Å²) in [6, 6.07) is 7.12. The second-order valence-corrected chi connectivity index (χ2v) is 6.16. The van der Waals surface area contributed by atoms with Crippen molar-refractivity contribution in [1.29, 1.82) is 0 Å². The van der Waals surface area contributed by atoms with Crippen LogP contribution in [-0.4, -0.2) is 28.6 Å². The molecule has 0 aromatic heterocycles. The van der Waals surface area contributed by atoms with Gasteiger partial charge in [0, 0.05) is 10.2 Å². The highest BCUT2D eigenvalue weighted by Gasteiger charge is 2.30. The summed E-state index contributed by atoms with van der Waals surface area (Å²) in [6.07, 6.45) is 0.977. The van der Waals surface area contributed by atoms with E-state index in [1.54, 1.807) is 0 Å². The first-order valence-corrected chi connectivity index (χ1v) is 7.44. The summed E-state index contributed by atoms with van der Waals surface area (Å²) in [5, 5.41) is 12.4. The molecule has 17 heavy (non-hydrogen) atoms. The van der Waals surface area contributed by atoms with Gasteiger partial charge in [-0.25, -0.2) is 4.79 Å². The normalized spacial score (nSPS) is 21.1. The van der Waals surface area contributed by atoms with Crippen LogP contribution in [0.3, 0.4) is 0 Å². The van der Waals surface area contributed by atoms with Crippen LogP contribution in [0.15, 0.2) is 28.7 Å². The van der Waals surface area contributed by atoms with E-state index in [1.807, 2.05) is 36.0 Å². The van der Waals surface area contributed by atoms with Crippen LogP contribution >= 0.6 is 27.7 Å². The lowest BCUT2D eigenvalue weighted by Gasteiger charge is -2.21. The van der Waals surface area contributed by atoms with E-state index in [-0.39, 0.29) is 5.92 Å². The molecule has 1 aliphatic heterocycles. The van der Waals surface area contributed by atoms with Crippen molar-refractivity contribution in [1.82, 2.24) is 0 Å². The van der Waals surface area contributed by atoms with Crippen molar-refractivity contribution < 1.29 is 9.90 Å². The maximum Gasteiger partial charge on any atom is 0.326 e. The number of anilines is 1. The molecule has 1 heterocycles. The Morgan fingerprint density at radius 2 is 2.18 bits per heavy atom. The first kappa shape index (κ1) is 12.8. The fourth-order valence-electron chi connectivity index (χ4n) is 1.92. The zero-order chi connectivity index (χ0) is 12.3. The predicted molar refractivity (Wildman–Crippen MR) is 74.6 cm³/mol. The zero-order valence-electron chi connectivity index (χ0n) is 9.23. The van der Waals surface area contributed by atoms with Gasteiger partial charge in [-0.05, 0) is 48.1 Å². The van der Waals surface area contributed by atoms with Gasteiger partial charge in [-0.15, -0.1) is 0 Å². The summed E-state index contributed by atoms with van der Waals surface area (Å²) in [5.74, 6) is 1.46. The second-order valence-electron chi connectivity index (χ2n) is 4.09. The molecule has 1 fully saturated rings. The minimum absolute atomic E-state index is 0.223. The Kier molecular flexibility index (Phi) is 4.34. The van der Waals surface area contributed by atoms with Crippen molar-refractivity contribution in [3.8, 4) is 0 Å². The molecule has 2 N–H and O–H groups in total. The molecule has 2 unspecified atom stereocenters. The molecule has 1 saturated heterocycles. The van der Waals surface area contributed by atoms with Crippen molar-refractivity contribution in [2.45, 2.75) is 12.5 Å². The van der Waals surface area contributed by atoms with Gasteiger partial charge in [-0.1, -0.05) is 15.9 Å². The third-order valence-corrected chi connectivity index (χ3v) is 4.59. The number of nitrogens with one attached hydrogen (secondary N) is 1. The molecular formula is C12H14BrNO2S. The molecule has 0 spiro atoms. The van der Waals surface area contributed by atoms with Crippen LogP contribution in [0.5, 0.6) is 0 Å². The van der Waals surface area contributed by atoms with E-state index in [4.69, 9.17) is 0 Å². The standard InChI is InChI=1S/C12H14BrNO2S/c13-9-1-3-10(4-2-9)14-11(12(15)16)8-5-6-17-7-8/h1-4,8,11,14H,5-7H2,(H,15,16). The van der Waals surface area contributed by atoms with Gasteiger partial charge in [0.2, 0.25) is 0 Å². The maximum atomic E-state index is 11.3. The monoisotopic (exact) mass is 315 g/mol. The molecule has 5 heteroatoms. The van der Waals surface area contributed by atoms with Crippen LogP contribution in [0.1, 0.15) is 6.42 Å². The average molecular weight is 316 g/mol. The van der Waals surface area contributed by atoms with Crippen LogP contribution in [0.2, 0.25) is 0 Å². The number of hydrogen-bond donors (Lipinski definition) is 2. The number of benzene rings is 1. The number of carbonyl (C=O) groups is 1. The van der Waals surface area contributed by atoms with Crippen LogP contribution in [-0.2, 0) is 4.79 Å². The zero-order valence-corrected chi connectivity index (χ0v) is 11.6. The van der Waals surface area contributed by atoms with Gasteiger partial charge in [0.25, 0.3) is 0 Å². The molecule has 0 saturated carbocycles. The first-order chi connectivity index (χ1) is 8.16. The fraction of sp³-hybridized carbons (Fsp3) is 0.417. The van der Waals surface area contributed by atoms with Crippen molar-refractivity contribution in [2.75, 3.05) is 16.8 Å². The van der Waals surface area contributed by atoms with E-state index < -0.39 is 12.0 Å². The summed E-state index contributed by atoms with van der Waals surface area (Å²) >= 11 is 5.19. The SMILES string of the molecule is O=C(O)C(Nc1ccc(Br)cc1)C1CCSC1. The number of carboxylic acid groups (broad SMARTS) is 1. The van der Waals surface area contributed by atoms with E-state index >= 15 is 0 Å². The highest BCUT2D eigenvalue weighted by molar-refractivity contribution is 9.10. The average Bonchev–Trinajstić information content (AvgIpc) is 2.81. The Bertz CT molecular complexity index is 390. The van der Waals surface area contributed by atoms with Crippen molar-refractivity contribution in [3.05, 3.63) is 28.7 Å². The summed E-state index contributed by atoms with van der Waals surface area (Å²) in [6.45, 7) is 0. The molecule has 2 rings (SSSR count). The van der Waals surface area contributed by atoms with Crippen LogP contribution in [0.25, 0.3) is 0 Å². The Morgan fingerprint density at radius 3 is 2.71 bits per heavy atom. The molecule has 1 aromatic carbocycles. The lowest BCUT2D eigenvalue weighted by molar-refractivity contribution is -0.138. The van der Waals surface area contributed by atoms with E-state index in [1.165, 1.54) is 0 Å². The molecule has 1 aliphatic rings. The number of thioether (sulfide) groups is 1. The minimum Gasteiger partial charge on any atom is -0.480 e. The van der Waals surface area contributed by atoms with E-state index in [2.05, 4.69) is 21.2 Å². The number of hydrogen-bond acceptors (Lipinski definition) is 3. The summed E-state index contributed by atoms with van der Waals surface area (Å²) in [7, 11) is 0. The quantitative estimate of drug-likeness (QED) is 0.896. The summed E-state index contributed by atoms with van der Waals surface area (Å²) in [5.41, 5.74) is 0.859. The summed E-state index contributed by atoms with van der Waals surface area (Å²) < 4.78 is 0.992. The van der Waals surface area contributed by atoms with E-state index in [0.717, 1.165) is 28.1 Å². The predicted octanol–water partition coefficient (Wildman–Crippen LogP) is 3.07. The fourth-order valence-corrected chi connectivity index (χ4v) is 3.48. The molecule has 0 bridgehead atoms. The molecule has 0 aliphatic carbocycles. The topological polar surface area (TPSA) is 49.3 Å². The van der Waals surface area contributed by atoms with Gasteiger partial charge in [0.05, 0.1) is 0 Å². The second kappa shape index (κ2) is 5.78. The highest BCUT2D eigenvalue weighted by atomic mass is 79.9. The van der Waals surface area contributed by atoms with Crippen molar-refractivity contribution >= 4 is 39.3 Å². The Hall–Kier alpha value is -0.680. The minimum atomic E-state index is -0.764. The van der Waals surface area contributed by atoms with E-state index in [9.17, 15) is 9.90 Å². The molecule has 2 atom stereocenters. The van der Waals surface area contributed by atoms with Gasteiger partial charge in [-0.3, -0.25) is 0 Å². The molecular weight excluding hydrogens is 302 g/mol. The number of rotatable bonds is 4. The Morgan fingerprint density at radius 1 is 1.47 bits per heavy atom. The van der Waals surface area contributed by atoms with Gasteiger partial charge in [0.15, 0.2) is 0 Å². The molecule has 92 valence electrons. The maximum absolute atomic E-state index is 11.3. The first-order valence-electron chi connectivity index (χ1n) is 5.49. The van der Waals surface area contributed by atoms with Gasteiger partial charge in [-0.2, -0.15) is 11.8 Å². The number of halogens is 1. The summed E-state index contributed by atoms with van der Waals surface area (Å²) in [4.78, 5) is 11.3. The third-order valence-electron chi connectivity index (χ3n) is 2.87. The molecule has 0 amide bonds. The number of aliphatic carboxylic acids is 1. The van der Waals surface area contributed by atoms with Crippen LogP contribution in [0.4, 0.5) is 5.69 Å². The third kappa shape index (κ3) is 3.39. The van der Waals surface area contributed by atoms with Crippen molar-refractivity contribution in [2.24, 2.45) is 5.92 Å². The smallest absolute Gasteiger partial charge is 0.326 e. The van der Waals surface area contributed by atoms with Crippen LogP contribution < -0.4 is 5.32 Å². The largest absolute Gasteiger partial charge is 0.480 e. The van der Waals surface area contributed by atoms with Gasteiger partial charge >= 0.3 is 5.97 Å². The number of carboxylic acids is 1. The molecule has 3 nitrogen and oxygen atoms in total. The lowest BCUT2D eigenvalue weighted by Crippen LogP contribution is -2.37. The Balaban J connectivity index is 2.06. The van der Waals surface area contributed by atoms with Crippen molar-refractivity contribution in [3.63, 3.8) is 0 Å². The van der Waals surface area contributed by atoms with Crippen LogP contribution in [0, 0.1) is 5.92 Å². The van der Waals surface area contributed by atoms with Gasteiger partial charge in [0.1, 0.15) is 6.04 Å². The lowest BCUT2D eigenvalue weighted by atomic mass is 9.99. The molecule has 0 radical (unpaired) electrons. The van der Waals surface area contributed by atoms with Gasteiger partial charge < -0.3 is 10.4 Å². The molecule has 1 aromatic rings. The van der Waals surface area contributed by atoms with E-state index in [0.29, 0.717) is 0 Å². The Labute approximate surface area is 113 Å².